The minimum absolute atomic E-state index is 0.0587. The first-order valence-corrected chi connectivity index (χ1v) is 17.2. The number of benzene rings is 2. The van der Waals surface area contributed by atoms with Crippen molar-refractivity contribution in [1.29, 1.82) is 0 Å². The van der Waals surface area contributed by atoms with E-state index >= 15 is 0 Å². The molecule has 2 aliphatic rings. The van der Waals surface area contributed by atoms with Crippen LogP contribution in [0.3, 0.4) is 0 Å². The standard InChI is InChI=1S/C37H48N6O9/c1-37(2,3)32(41-35(46)49-5)33(45)42-43(19-24-6-10-25(11-7-24)26-17-38-22-39-18-26)20-30(44)29(16-23-8-12-27(48-4)13-9-23)40-36(47)52-31-21-51-34-28(31)14-15-50-34/h6-13,17-18,22,28-32,34,44H,14-16,19-21H2,1-5H3,(H,40,47)(H,41,46)(H,42,45)/t28?,29-,30-,31-,32+,34+/m0/s1. The molecule has 2 saturated heterocycles. The Bertz CT molecular complexity index is 1620. The Morgan fingerprint density at radius 1 is 0.942 bits per heavy atom. The molecule has 1 unspecified atom stereocenters. The van der Waals surface area contributed by atoms with E-state index < -0.39 is 54.1 Å². The lowest BCUT2D eigenvalue weighted by molar-refractivity contribution is -0.131. The zero-order valence-electron chi connectivity index (χ0n) is 30.1. The molecule has 6 atom stereocenters. The van der Waals surface area contributed by atoms with E-state index in [4.69, 9.17) is 23.7 Å². The average Bonchev–Trinajstić information content (AvgIpc) is 3.76. The molecular formula is C37H48N6O9. The minimum atomic E-state index is -1.21. The fraction of sp³-hybridized carbons (Fsp3) is 0.486. The fourth-order valence-corrected chi connectivity index (χ4v) is 6.22. The summed E-state index contributed by atoms with van der Waals surface area (Å²) < 4.78 is 27.1. The van der Waals surface area contributed by atoms with Gasteiger partial charge in [-0.3, -0.25) is 10.2 Å². The lowest BCUT2D eigenvalue weighted by Gasteiger charge is -2.34. The molecule has 0 saturated carbocycles. The Morgan fingerprint density at radius 3 is 2.29 bits per heavy atom. The summed E-state index contributed by atoms with van der Waals surface area (Å²) >= 11 is 0. The van der Waals surface area contributed by atoms with Crippen LogP contribution in [-0.2, 0) is 36.7 Å². The summed E-state index contributed by atoms with van der Waals surface area (Å²) in [5.74, 6) is 0.0878. The van der Waals surface area contributed by atoms with E-state index in [0.29, 0.717) is 12.4 Å². The van der Waals surface area contributed by atoms with Crippen molar-refractivity contribution in [1.82, 2.24) is 31.0 Å². The first-order chi connectivity index (χ1) is 24.9. The van der Waals surface area contributed by atoms with Crippen LogP contribution in [0.2, 0.25) is 0 Å². The van der Waals surface area contributed by atoms with Crippen LogP contribution in [0.25, 0.3) is 11.1 Å². The zero-order valence-corrected chi connectivity index (χ0v) is 30.1. The van der Waals surface area contributed by atoms with Gasteiger partial charge in [-0.05, 0) is 47.1 Å². The first-order valence-electron chi connectivity index (χ1n) is 17.2. The van der Waals surface area contributed by atoms with E-state index in [1.165, 1.54) is 13.4 Å². The normalized spacial score (nSPS) is 19.9. The molecule has 0 spiro atoms. The molecule has 52 heavy (non-hydrogen) atoms. The van der Waals surface area contributed by atoms with Crippen LogP contribution >= 0.6 is 0 Å². The molecule has 1 aromatic heterocycles. The smallest absolute Gasteiger partial charge is 0.407 e. The number of aliphatic hydroxyl groups is 1. The van der Waals surface area contributed by atoms with Gasteiger partial charge in [0.05, 0.1) is 45.5 Å². The monoisotopic (exact) mass is 720 g/mol. The van der Waals surface area contributed by atoms with Gasteiger partial charge >= 0.3 is 12.2 Å². The Balaban J connectivity index is 1.37. The highest BCUT2D eigenvalue weighted by Gasteiger charge is 2.44. The summed E-state index contributed by atoms with van der Waals surface area (Å²) in [6, 6.07) is 13.1. The molecule has 15 nitrogen and oxygen atoms in total. The van der Waals surface area contributed by atoms with Crippen LogP contribution in [0.15, 0.2) is 67.3 Å². The molecule has 5 rings (SSSR count). The van der Waals surface area contributed by atoms with Gasteiger partial charge in [-0.1, -0.05) is 57.2 Å². The van der Waals surface area contributed by atoms with Crippen molar-refractivity contribution in [2.24, 2.45) is 11.3 Å². The molecule has 3 aromatic rings. The van der Waals surface area contributed by atoms with Gasteiger partial charge in [-0.25, -0.2) is 24.6 Å². The number of hydrazine groups is 1. The maximum absolute atomic E-state index is 13.8. The quantitative estimate of drug-likeness (QED) is 0.179. The molecule has 15 heteroatoms. The van der Waals surface area contributed by atoms with E-state index in [1.54, 1.807) is 36.6 Å². The van der Waals surface area contributed by atoms with Gasteiger partial charge in [-0.2, -0.15) is 0 Å². The Kier molecular flexibility index (Phi) is 13.0. The van der Waals surface area contributed by atoms with Crippen LogP contribution in [0.4, 0.5) is 9.59 Å². The average molecular weight is 721 g/mol. The number of aromatic nitrogens is 2. The molecule has 2 aliphatic heterocycles. The molecule has 3 amide bonds. The third-order valence-electron chi connectivity index (χ3n) is 9.10. The van der Waals surface area contributed by atoms with Crippen molar-refractivity contribution in [2.75, 3.05) is 34.0 Å². The Hall–Kier alpha value is -4.83. The zero-order chi connectivity index (χ0) is 37.3. The number of methoxy groups -OCH3 is 2. The van der Waals surface area contributed by atoms with Crippen molar-refractivity contribution < 1.29 is 43.2 Å². The molecule has 2 fully saturated rings. The molecule has 2 aromatic carbocycles. The van der Waals surface area contributed by atoms with E-state index in [-0.39, 0.29) is 32.0 Å². The molecule has 3 heterocycles. The van der Waals surface area contributed by atoms with Crippen molar-refractivity contribution >= 4 is 18.1 Å². The highest BCUT2D eigenvalue weighted by atomic mass is 16.7. The summed E-state index contributed by atoms with van der Waals surface area (Å²) in [5, 5.41) is 18.9. The van der Waals surface area contributed by atoms with Gasteiger partial charge in [0.25, 0.3) is 5.91 Å². The predicted octanol–water partition coefficient (Wildman–Crippen LogP) is 3.22. The number of alkyl carbamates (subject to hydrolysis) is 2. The number of nitrogens with one attached hydrogen (secondary N) is 3. The van der Waals surface area contributed by atoms with Gasteiger partial charge in [0.1, 0.15) is 24.2 Å². The summed E-state index contributed by atoms with van der Waals surface area (Å²) in [6.45, 7) is 6.26. The van der Waals surface area contributed by atoms with E-state index in [9.17, 15) is 19.5 Å². The van der Waals surface area contributed by atoms with Crippen LogP contribution in [0.5, 0.6) is 5.75 Å². The number of rotatable bonds is 14. The highest BCUT2D eigenvalue weighted by Crippen LogP contribution is 2.33. The number of carbonyl (C=O) groups excluding carboxylic acids is 3. The van der Waals surface area contributed by atoms with Crippen molar-refractivity contribution in [3.8, 4) is 16.9 Å². The first kappa shape index (κ1) is 38.4. The minimum Gasteiger partial charge on any atom is -0.497 e. The van der Waals surface area contributed by atoms with Gasteiger partial charge in [0, 0.05) is 31.0 Å². The highest BCUT2D eigenvalue weighted by molar-refractivity contribution is 5.86. The number of nitrogens with zero attached hydrogens (tertiary/aromatic N) is 3. The fourth-order valence-electron chi connectivity index (χ4n) is 6.22. The SMILES string of the molecule is COC(=O)N[C@H](C(=O)NN(Cc1ccc(-c2cncnc2)cc1)C[C@H](O)[C@H](Cc1ccc(OC)cc1)NC(=O)O[C@H]1CO[C@H]2OCCC21)C(C)(C)C. The van der Waals surface area contributed by atoms with Crippen molar-refractivity contribution in [2.45, 2.75) is 70.7 Å². The van der Waals surface area contributed by atoms with E-state index in [2.05, 4.69) is 26.0 Å². The van der Waals surface area contributed by atoms with Gasteiger partial charge in [-0.15, -0.1) is 0 Å². The van der Waals surface area contributed by atoms with Crippen molar-refractivity contribution in [3.63, 3.8) is 0 Å². The molecule has 280 valence electrons. The second-order valence-corrected chi connectivity index (χ2v) is 14.0. The third-order valence-corrected chi connectivity index (χ3v) is 9.10. The molecular weight excluding hydrogens is 672 g/mol. The lowest BCUT2D eigenvalue weighted by Crippen LogP contribution is -2.59. The second kappa shape index (κ2) is 17.6. The van der Waals surface area contributed by atoms with Crippen LogP contribution < -0.4 is 20.8 Å². The number of carbonyl (C=O) groups is 3. The molecule has 4 N–H and O–H groups in total. The van der Waals surface area contributed by atoms with Crippen molar-refractivity contribution in [3.05, 3.63) is 78.4 Å². The van der Waals surface area contributed by atoms with E-state index in [1.807, 2.05) is 57.2 Å². The maximum Gasteiger partial charge on any atom is 0.407 e. The number of hydrogen-bond acceptors (Lipinski definition) is 12. The third kappa shape index (κ3) is 10.4. The summed E-state index contributed by atoms with van der Waals surface area (Å²) in [7, 11) is 2.80. The number of hydrogen-bond donors (Lipinski definition) is 4. The summed E-state index contributed by atoms with van der Waals surface area (Å²) in [6.07, 6.45) is 2.30. The number of ether oxygens (including phenoxy) is 5. The Morgan fingerprint density at radius 2 is 1.63 bits per heavy atom. The lowest BCUT2D eigenvalue weighted by atomic mass is 9.86. The van der Waals surface area contributed by atoms with E-state index in [0.717, 1.165) is 28.7 Å². The predicted molar refractivity (Wildman–Crippen MR) is 189 cm³/mol. The molecule has 0 aliphatic carbocycles. The van der Waals surface area contributed by atoms with Crippen LogP contribution in [0.1, 0.15) is 38.3 Å². The molecule has 0 radical (unpaired) electrons. The largest absolute Gasteiger partial charge is 0.497 e. The topological polar surface area (TPSA) is 183 Å². The van der Waals surface area contributed by atoms with Crippen LogP contribution in [0, 0.1) is 11.3 Å². The summed E-state index contributed by atoms with van der Waals surface area (Å²) in [5.41, 5.74) is 5.59. The maximum atomic E-state index is 13.8. The molecule has 0 bridgehead atoms. The number of aliphatic hydroxyl groups excluding tert-OH is 1. The van der Waals surface area contributed by atoms with Gasteiger partial charge < -0.3 is 39.4 Å². The van der Waals surface area contributed by atoms with Crippen LogP contribution in [-0.4, -0.2) is 103 Å². The Labute approximate surface area is 303 Å². The van der Waals surface area contributed by atoms with Gasteiger partial charge in [0.15, 0.2) is 6.29 Å². The number of amides is 3. The number of fused-ring (bicyclic) bond motifs is 1. The second-order valence-electron chi connectivity index (χ2n) is 14.0. The van der Waals surface area contributed by atoms with Gasteiger partial charge in [0.2, 0.25) is 0 Å². The summed E-state index contributed by atoms with van der Waals surface area (Å²) in [4.78, 5) is 47.5.